The summed E-state index contributed by atoms with van der Waals surface area (Å²) < 4.78 is 0. The van der Waals surface area contributed by atoms with Gasteiger partial charge in [-0.3, -0.25) is 9.59 Å². The highest BCUT2D eigenvalue weighted by Gasteiger charge is 2.45. The Labute approximate surface area is 98.5 Å². The number of carbonyl (C=O) groups is 2. The van der Waals surface area contributed by atoms with Crippen molar-refractivity contribution in [2.24, 2.45) is 11.3 Å². The van der Waals surface area contributed by atoms with E-state index in [9.17, 15) is 9.59 Å². The monoisotopic (exact) mass is 220 g/mol. The molecule has 2 atom stereocenters. The van der Waals surface area contributed by atoms with Crippen molar-refractivity contribution in [3.63, 3.8) is 0 Å². The van der Waals surface area contributed by atoms with Crippen molar-refractivity contribution in [2.45, 2.75) is 37.9 Å². The van der Waals surface area contributed by atoms with Crippen LogP contribution in [0.25, 0.3) is 0 Å². The van der Waals surface area contributed by atoms with Crippen LogP contribution in [0.5, 0.6) is 0 Å². The Hall–Kier alpha value is -0.388. The van der Waals surface area contributed by atoms with Crippen LogP contribution in [-0.2, 0) is 9.59 Å². The van der Waals surface area contributed by atoms with E-state index in [1.54, 1.807) is 6.08 Å². The molecule has 2 rings (SSSR count). The summed E-state index contributed by atoms with van der Waals surface area (Å²) in [7, 11) is 0. The van der Waals surface area contributed by atoms with E-state index in [-0.39, 0.29) is 17.1 Å². The van der Waals surface area contributed by atoms with Gasteiger partial charge in [0.15, 0.2) is 5.78 Å². The van der Waals surface area contributed by atoms with E-state index in [1.807, 2.05) is 6.92 Å². The minimum absolute atomic E-state index is 0.208. The van der Waals surface area contributed by atoms with E-state index in [0.29, 0.717) is 12.2 Å². The number of allylic oxidation sites excluding steroid dienone is 2. The first-order valence-electron chi connectivity index (χ1n) is 5.86. The van der Waals surface area contributed by atoms with Crippen LogP contribution in [0, 0.1) is 11.3 Å². The number of ketones is 2. The third-order valence-electron chi connectivity index (χ3n) is 4.08. The molecule has 0 saturated heterocycles. The zero-order valence-corrected chi connectivity index (χ0v) is 11.5. The molecule has 80 valence electrons. The number of fused-ring (bicyclic) bond motifs is 1. The summed E-state index contributed by atoms with van der Waals surface area (Å²) >= 11 is 1.10. The zero-order valence-electron chi connectivity index (χ0n) is 9.51. The second-order valence-electron chi connectivity index (χ2n) is 4.98. The first kappa shape index (κ1) is 11.1. The first-order valence-corrected chi connectivity index (χ1v) is 7.27. The van der Waals surface area contributed by atoms with Crippen LogP contribution < -0.4 is 0 Å². The molecular weight excluding hydrogens is 203 g/mol. The fourth-order valence-electron chi connectivity index (χ4n) is 2.89. The molecule has 0 spiro atoms. The van der Waals surface area contributed by atoms with Crippen LogP contribution in [-0.4, -0.2) is 27.9 Å². The number of rotatable bonds is 1. The van der Waals surface area contributed by atoms with Crippen molar-refractivity contribution in [1.82, 2.24) is 0 Å². The molecular formula is C12H17AlO2. The predicted molar refractivity (Wildman–Crippen MR) is 61.5 cm³/mol. The minimum atomic E-state index is -0.290. The lowest BCUT2D eigenvalue weighted by atomic mass is 9.62. The summed E-state index contributed by atoms with van der Waals surface area (Å²) in [4.78, 5) is 23.6. The Kier molecular flexibility index (Phi) is 2.88. The van der Waals surface area contributed by atoms with Gasteiger partial charge in [0.05, 0.1) is 0 Å². The van der Waals surface area contributed by atoms with Gasteiger partial charge in [-0.15, -0.1) is 0 Å². The smallest absolute Gasteiger partial charge is 0.212 e. The zero-order chi connectivity index (χ0) is 11.1. The lowest BCUT2D eigenvalue weighted by Crippen LogP contribution is -2.41. The van der Waals surface area contributed by atoms with Crippen molar-refractivity contribution in [2.75, 3.05) is 0 Å². The Morgan fingerprint density at radius 3 is 2.87 bits per heavy atom. The molecule has 3 heteroatoms. The van der Waals surface area contributed by atoms with E-state index in [4.69, 9.17) is 0 Å². The fourth-order valence-corrected chi connectivity index (χ4v) is 3.67. The minimum Gasteiger partial charge on any atom is -0.298 e. The molecule has 1 saturated carbocycles. The summed E-state index contributed by atoms with van der Waals surface area (Å²) in [6.07, 6.45) is 4.97. The van der Waals surface area contributed by atoms with Gasteiger partial charge in [-0.05, 0) is 32.3 Å². The second kappa shape index (κ2) is 3.88. The normalized spacial score (nSPS) is 36.1. The van der Waals surface area contributed by atoms with Gasteiger partial charge in [0.25, 0.3) is 0 Å². The molecule has 0 N–H and O–H groups in total. The predicted octanol–water partition coefficient (Wildman–Crippen LogP) is 1.31. The van der Waals surface area contributed by atoms with E-state index in [2.05, 4.69) is 0 Å². The molecule has 2 unspecified atom stereocenters. The topological polar surface area (TPSA) is 34.1 Å². The Morgan fingerprint density at radius 2 is 2.20 bits per heavy atom. The number of hydrogen-bond donors (Lipinski definition) is 0. The third kappa shape index (κ3) is 1.73. The van der Waals surface area contributed by atoms with Gasteiger partial charge in [-0.2, -0.15) is 0 Å². The largest absolute Gasteiger partial charge is 0.298 e. The number of carbonyl (C=O) groups excluding carboxylic acids is 2. The van der Waals surface area contributed by atoms with E-state index >= 15 is 0 Å². The Morgan fingerprint density at radius 1 is 1.47 bits per heavy atom. The number of hydrogen-bond acceptors (Lipinski definition) is 2. The van der Waals surface area contributed by atoms with Gasteiger partial charge in [0, 0.05) is 17.8 Å². The highest BCUT2D eigenvalue weighted by molar-refractivity contribution is 6.11. The quantitative estimate of drug-likeness (QED) is 0.624. The fraction of sp³-hybridized carbons (Fsp3) is 0.667. The Balaban J connectivity index is 2.34. The molecule has 0 bridgehead atoms. The molecule has 2 aliphatic rings. The standard InChI is InChI=1S/C12H15O2.Al.2H/c1-8-3-4-9-7-10(13)5-6-12(9,2)11(8)14;;;/h7-8H,1,3-6H2,2H3;;;. The maximum Gasteiger partial charge on any atom is 0.212 e. The highest BCUT2D eigenvalue weighted by Crippen LogP contribution is 2.46. The van der Waals surface area contributed by atoms with Crippen molar-refractivity contribution in [3.05, 3.63) is 11.6 Å². The molecule has 0 aromatic rings. The maximum atomic E-state index is 12.3. The van der Waals surface area contributed by atoms with E-state index < -0.39 is 0 Å². The lowest BCUT2D eigenvalue weighted by Gasteiger charge is -2.40. The van der Waals surface area contributed by atoms with Gasteiger partial charge < -0.3 is 0 Å². The van der Waals surface area contributed by atoms with Gasteiger partial charge >= 0.3 is 0 Å². The van der Waals surface area contributed by atoms with Crippen LogP contribution in [0.4, 0.5) is 0 Å². The Bertz CT molecular complexity index is 346. The summed E-state index contributed by atoms with van der Waals surface area (Å²) in [6, 6.07) is 0. The van der Waals surface area contributed by atoms with Crippen LogP contribution in [0.1, 0.15) is 32.6 Å². The molecule has 0 amide bonds. The molecule has 2 nitrogen and oxygen atoms in total. The van der Waals surface area contributed by atoms with Crippen LogP contribution >= 0.6 is 0 Å². The maximum absolute atomic E-state index is 12.3. The SMILES string of the molecule is CC12CCC(=O)C=C1CCC([CH2][AlH2])C2=O. The van der Waals surface area contributed by atoms with Gasteiger partial charge in [0.2, 0.25) is 16.3 Å². The van der Waals surface area contributed by atoms with Crippen molar-refractivity contribution < 1.29 is 9.59 Å². The highest BCUT2D eigenvalue weighted by atomic mass is 27.0. The van der Waals surface area contributed by atoms with Crippen LogP contribution in [0.15, 0.2) is 11.6 Å². The molecule has 2 aliphatic carbocycles. The molecule has 15 heavy (non-hydrogen) atoms. The summed E-state index contributed by atoms with van der Waals surface area (Å²) in [5.41, 5.74) is 0.816. The molecule has 0 aromatic carbocycles. The molecule has 0 aliphatic heterocycles. The van der Waals surface area contributed by atoms with Crippen molar-refractivity contribution in [1.29, 1.82) is 0 Å². The average molecular weight is 220 g/mol. The molecule has 1 fully saturated rings. The van der Waals surface area contributed by atoms with Gasteiger partial charge in [-0.1, -0.05) is 10.9 Å². The third-order valence-corrected chi connectivity index (χ3v) is 5.07. The summed E-state index contributed by atoms with van der Waals surface area (Å²) in [6.45, 7) is 2.04. The van der Waals surface area contributed by atoms with Gasteiger partial charge in [0.1, 0.15) is 5.78 Å². The van der Waals surface area contributed by atoms with Gasteiger partial charge in [-0.25, -0.2) is 0 Å². The van der Waals surface area contributed by atoms with Crippen LogP contribution in [0.2, 0.25) is 5.28 Å². The molecule has 0 heterocycles. The lowest BCUT2D eigenvalue weighted by molar-refractivity contribution is -0.132. The average Bonchev–Trinajstić information content (AvgIpc) is 2.22. The molecule has 0 radical (unpaired) electrons. The van der Waals surface area contributed by atoms with Crippen molar-refractivity contribution >= 4 is 27.9 Å². The number of Topliss-reactive ketones (excluding diaryl/α,β-unsaturated/α-hetero) is 1. The second-order valence-corrected chi connectivity index (χ2v) is 5.79. The van der Waals surface area contributed by atoms with Crippen molar-refractivity contribution in [3.8, 4) is 0 Å². The van der Waals surface area contributed by atoms with E-state index in [0.717, 1.165) is 46.4 Å². The first-order chi connectivity index (χ1) is 7.08. The van der Waals surface area contributed by atoms with E-state index in [1.165, 1.54) is 0 Å². The van der Waals surface area contributed by atoms with Crippen LogP contribution in [0.3, 0.4) is 0 Å². The summed E-state index contributed by atoms with van der Waals surface area (Å²) in [5, 5.41) is 1.08. The molecule has 0 aromatic heterocycles. The summed E-state index contributed by atoms with van der Waals surface area (Å²) in [5.74, 6) is 0.897.